The summed E-state index contributed by atoms with van der Waals surface area (Å²) in [7, 11) is -5.17. The smallest absolute Gasteiger partial charge is 0.759 e. The summed E-state index contributed by atoms with van der Waals surface area (Å²) in [6.07, 6.45) is 0. The molecule has 0 radical (unpaired) electrons. The molecule has 0 aromatic heterocycles. The maximum Gasteiger partial charge on any atom is 2.00 e. The van der Waals surface area contributed by atoms with E-state index in [0.717, 1.165) is 0 Å². The average molecular weight is 394 g/mol. The van der Waals surface area contributed by atoms with Crippen LogP contribution in [0, 0.1) is 0 Å². The van der Waals surface area contributed by atoms with Gasteiger partial charge in [-0.2, -0.15) is 0 Å². The minimum atomic E-state index is -5.17. The standard InChI is InChI=1S/C14H10O4.Fe.H2O4S/c15-13(11-7-3-1-4-8-11)17-18-14(16)12-9-5-2-6-10-12;;1-5(2,3)4/h1-10H;;(H2,1,2,3,4)/q;+2;/p-2. The van der Waals surface area contributed by atoms with E-state index in [1.807, 2.05) is 0 Å². The molecule has 2 aromatic rings. The zero-order valence-corrected chi connectivity index (χ0v) is 13.7. The van der Waals surface area contributed by atoms with Gasteiger partial charge in [0.25, 0.3) is 0 Å². The first-order chi connectivity index (χ1) is 10.8. The predicted molar refractivity (Wildman–Crippen MR) is 74.2 cm³/mol. The molecule has 0 N–H and O–H groups in total. The van der Waals surface area contributed by atoms with Gasteiger partial charge >= 0.3 is 29.0 Å². The van der Waals surface area contributed by atoms with Crippen molar-refractivity contribution >= 4 is 22.3 Å². The van der Waals surface area contributed by atoms with Crippen LogP contribution < -0.4 is 0 Å². The summed E-state index contributed by atoms with van der Waals surface area (Å²) in [5.41, 5.74) is 0.636. The van der Waals surface area contributed by atoms with E-state index in [2.05, 4.69) is 9.78 Å². The fourth-order valence-electron chi connectivity index (χ4n) is 1.32. The van der Waals surface area contributed by atoms with Gasteiger partial charge in [-0.05, 0) is 24.3 Å². The average Bonchev–Trinajstić information content (AvgIpc) is 2.52. The molecule has 0 bridgehead atoms. The number of hydrogen-bond acceptors (Lipinski definition) is 8. The van der Waals surface area contributed by atoms with E-state index < -0.39 is 22.3 Å². The predicted octanol–water partition coefficient (Wildman–Crippen LogP) is 1.27. The molecule has 0 fully saturated rings. The molecule has 0 heterocycles. The molecule has 0 atom stereocenters. The summed E-state index contributed by atoms with van der Waals surface area (Å²) < 4.78 is 34.1. The SMILES string of the molecule is O=C(OOC(=O)c1ccccc1)c1ccccc1.O=S(=O)([O-])[O-].[Fe+2]. The van der Waals surface area contributed by atoms with Gasteiger partial charge in [0.1, 0.15) is 0 Å². The largest absolute Gasteiger partial charge is 2.00 e. The summed E-state index contributed by atoms with van der Waals surface area (Å²) >= 11 is 0. The molecule has 2 rings (SSSR count). The Morgan fingerprint density at radius 2 is 0.958 bits per heavy atom. The van der Waals surface area contributed by atoms with Crippen molar-refractivity contribution in [3.05, 3.63) is 71.8 Å². The first-order valence-electron chi connectivity index (χ1n) is 5.97. The molecule has 128 valence electrons. The van der Waals surface area contributed by atoms with Crippen LogP contribution in [-0.4, -0.2) is 29.5 Å². The molecular formula is C14H10FeO8S. The number of carbonyl (C=O) groups excluding carboxylic acids is 2. The zero-order valence-electron chi connectivity index (χ0n) is 11.8. The Labute approximate surface area is 148 Å². The van der Waals surface area contributed by atoms with Gasteiger partial charge in [0.05, 0.1) is 11.1 Å². The molecule has 0 aliphatic heterocycles. The first kappa shape index (κ1) is 21.8. The van der Waals surface area contributed by atoms with Gasteiger partial charge in [0.2, 0.25) is 0 Å². The fourth-order valence-corrected chi connectivity index (χ4v) is 1.32. The Morgan fingerprint density at radius 3 is 1.21 bits per heavy atom. The molecule has 2 aromatic carbocycles. The van der Waals surface area contributed by atoms with Crippen LogP contribution in [0.5, 0.6) is 0 Å². The summed E-state index contributed by atoms with van der Waals surface area (Å²) in [5.74, 6) is -1.42. The number of hydrogen-bond donors (Lipinski definition) is 0. The van der Waals surface area contributed by atoms with Gasteiger partial charge in [-0.3, -0.25) is 8.42 Å². The van der Waals surface area contributed by atoms with Crippen molar-refractivity contribution in [2.24, 2.45) is 0 Å². The van der Waals surface area contributed by atoms with Gasteiger partial charge in [0, 0.05) is 10.4 Å². The summed E-state index contributed by atoms with van der Waals surface area (Å²) in [4.78, 5) is 31.9. The van der Waals surface area contributed by atoms with E-state index in [4.69, 9.17) is 17.5 Å². The molecule has 0 spiro atoms. The molecule has 0 unspecified atom stereocenters. The third-order valence-electron chi connectivity index (χ3n) is 2.21. The summed E-state index contributed by atoms with van der Waals surface area (Å²) in [6, 6.07) is 16.6. The Kier molecular flexibility index (Phi) is 9.55. The van der Waals surface area contributed by atoms with Crippen molar-refractivity contribution in [3.8, 4) is 0 Å². The van der Waals surface area contributed by atoms with Gasteiger partial charge in [-0.1, -0.05) is 36.4 Å². The Morgan fingerprint density at radius 1 is 0.708 bits per heavy atom. The van der Waals surface area contributed by atoms with E-state index in [1.54, 1.807) is 60.7 Å². The maximum atomic E-state index is 11.5. The second-order valence-corrected chi connectivity index (χ2v) is 4.70. The molecule has 8 nitrogen and oxygen atoms in total. The molecule has 10 heteroatoms. The van der Waals surface area contributed by atoms with Crippen molar-refractivity contribution in [2.75, 3.05) is 0 Å². The van der Waals surface area contributed by atoms with Crippen molar-refractivity contribution in [1.82, 2.24) is 0 Å². The molecular weight excluding hydrogens is 384 g/mol. The van der Waals surface area contributed by atoms with E-state index in [-0.39, 0.29) is 17.1 Å². The van der Waals surface area contributed by atoms with Crippen LogP contribution in [0.25, 0.3) is 0 Å². The van der Waals surface area contributed by atoms with Gasteiger partial charge in [0.15, 0.2) is 0 Å². The zero-order chi connectivity index (χ0) is 17.3. The van der Waals surface area contributed by atoms with Crippen LogP contribution in [-0.2, 0) is 37.2 Å². The number of benzene rings is 2. The molecule has 0 saturated carbocycles. The van der Waals surface area contributed by atoms with Crippen LogP contribution >= 0.6 is 0 Å². The normalized spacial score (nSPS) is 9.58. The van der Waals surface area contributed by atoms with E-state index >= 15 is 0 Å². The van der Waals surface area contributed by atoms with Crippen LogP contribution in [0.3, 0.4) is 0 Å². The summed E-state index contributed by atoms with van der Waals surface area (Å²) in [6.45, 7) is 0. The van der Waals surface area contributed by atoms with Gasteiger partial charge in [-0.25, -0.2) is 19.4 Å². The minimum absolute atomic E-state index is 0. The Bertz CT molecular complexity index is 687. The van der Waals surface area contributed by atoms with Crippen LogP contribution in [0.4, 0.5) is 0 Å². The number of carbonyl (C=O) groups is 2. The van der Waals surface area contributed by atoms with Crippen molar-refractivity contribution in [2.45, 2.75) is 0 Å². The monoisotopic (exact) mass is 394 g/mol. The van der Waals surface area contributed by atoms with E-state index in [1.165, 1.54) is 0 Å². The van der Waals surface area contributed by atoms with Crippen molar-refractivity contribution < 1.29 is 54.0 Å². The van der Waals surface area contributed by atoms with E-state index in [0.29, 0.717) is 11.1 Å². The second kappa shape index (κ2) is 10.5. The third kappa shape index (κ3) is 9.72. The molecule has 0 saturated heterocycles. The summed E-state index contributed by atoms with van der Waals surface area (Å²) in [5, 5.41) is 0. The Balaban J connectivity index is 0.000000777. The van der Waals surface area contributed by atoms with Crippen LogP contribution in [0.2, 0.25) is 0 Å². The molecule has 24 heavy (non-hydrogen) atoms. The maximum absolute atomic E-state index is 11.5. The molecule has 0 amide bonds. The first-order valence-corrected chi connectivity index (χ1v) is 7.30. The molecule has 0 aliphatic carbocycles. The van der Waals surface area contributed by atoms with Gasteiger partial charge < -0.3 is 9.11 Å². The third-order valence-corrected chi connectivity index (χ3v) is 2.21. The minimum Gasteiger partial charge on any atom is -0.759 e. The topological polar surface area (TPSA) is 133 Å². The van der Waals surface area contributed by atoms with E-state index in [9.17, 15) is 9.59 Å². The quantitative estimate of drug-likeness (QED) is 0.245. The second-order valence-electron chi connectivity index (χ2n) is 3.88. The van der Waals surface area contributed by atoms with Crippen LogP contribution in [0.15, 0.2) is 60.7 Å². The van der Waals surface area contributed by atoms with Gasteiger partial charge in [-0.15, -0.1) is 0 Å². The van der Waals surface area contributed by atoms with Crippen LogP contribution in [0.1, 0.15) is 20.7 Å². The van der Waals surface area contributed by atoms with Crippen molar-refractivity contribution in [3.63, 3.8) is 0 Å². The molecule has 0 aliphatic rings. The van der Waals surface area contributed by atoms with Crippen molar-refractivity contribution in [1.29, 1.82) is 0 Å². The fraction of sp³-hybridized carbons (Fsp3) is 0. The number of rotatable bonds is 2. The Hall–Kier alpha value is -2.23.